The Morgan fingerprint density at radius 1 is 0.865 bits per heavy atom. The molecule has 23 nitrogen and oxygen atoms in total. The maximum Gasteiger partial charge on any atom is 0.338 e. The molecular formula is C51H66N6O17. The number of hydrogen-bond donors (Lipinski definition) is 6. The molecule has 402 valence electrons. The molecule has 0 radical (unpaired) electrons. The summed E-state index contributed by atoms with van der Waals surface area (Å²) < 4.78 is 47.6. The number of aliphatic hydroxyl groups excluding tert-OH is 4. The molecule has 2 aromatic carbocycles. The highest BCUT2D eigenvalue weighted by atomic mass is 16.8. The highest BCUT2D eigenvalue weighted by Crippen LogP contribution is 2.40. The van der Waals surface area contributed by atoms with Crippen molar-refractivity contribution in [2.45, 2.75) is 171 Å². The number of nitrogens with zero attached hydrogens (tertiary/aromatic N) is 5. The van der Waals surface area contributed by atoms with E-state index in [1.54, 1.807) is 35.0 Å². The lowest BCUT2D eigenvalue weighted by Crippen LogP contribution is -2.66. The van der Waals surface area contributed by atoms with Gasteiger partial charge in [0.1, 0.15) is 36.6 Å². The van der Waals surface area contributed by atoms with Crippen molar-refractivity contribution < 1.29 is 78.0 Å². The van der Waals surface area contributed by atoms with Gasteiger partial charge in [-0.3, -0.25) is 19.6 Å². The molecule has 6 unspecified atom stereocenters. The summed E-state index contributed by atoms with van der Waals surface area (Å²) in [7, 11) is 0. The first kappa shape index (κ1) is 53.4. The molecular weight excluding hydrogens is 969 g/mol. The van der Waals surface area contributed by atoms with Gasteiger partial charge in [-0.2, -0.15) is 0 Å². The second kappa shape index (κ2) is 24.0. The van der Waals surface area contributed by atoms with Crippen LogP contribution in [0.2, 0.25) is 0 Å². The zero-order valence-electron chi connectivity index (χ0n) is 41.1. The van der Waals surface area contributed by atoms with Crippen LogP contribution in [-0.2, 0) is 62.3 Å². The summed E-state index contributed by atoms with van der Waals surface area (Å²) in [6.45, 7) is 2.84. The van der Waals surface area contributed by atoms with Crippen LogP contribution in [0.25, 0.3) is 10.9 Å². The molecule has 3 aliphatic heterocycles. The molecule has 5 fully saturated rings. The van der Waals surface area contributed by atoms with Crippen molar-refractivity contribution in [1.82, 2.24) is 24.9 Å². The number of nitrogens with one attached hydrogen (secondary N) is 1. The molecule has 6 N–H and O–H groups in total. The Bertz CT molecular complexity index is 2540. The van der Waals surface area contributed by atoms with Gasteiger partial charge in [-0.25, -0.2) is 9.59 Å². The fourth-order valence-corrected chi connectivity index (χ4v) is 11.0. The summed E-state index contributed by atoms with van der Waals surface area (Å²) in [6.07, 6.45) is -9.19. The van der Waals surface area contributed by atoms with Crippen LogP contribution >= 0.6 is 0 Å². The predicted octanol–water partition coefficient (Wildman–Crippen LogP) is 3.01. The average Bonchev–Trinajstić information content (AvgIpc) is 4.03. The molecule has 5 heterocycles. The minimum Gasteiger partial charge on any atom is -0.479 e. The van der Waals surface area contributed by atoms with Crippen LogP contribution in [0.4, 0.5) is 5.69 Å². The van der Waals surface area contributed by atoms with Crippen molar-refractivity contribution in [2.24, 2.45) is 17.8 Å². The summed E-state index contributed by atoms with van der Waals surface area (Å²) in [5.41, 5.74) is 1.83. The highest BCUT2D eigenvalue weighted by molar-refractivity contribution is 5.89. The molecule has 0 spiro atoms. The number of benzene rings is 2. The Balaban J connectivity index is 0.893. The molecule has 15 atom stereocenters. The van der Waals surface area contributed by atoms with Gasteiger partial charge in [-0.15, -0.1) is 5.10 Å². The average molecular weight is 1040 g/mol. The van der Waals surface area contributed by atoms with Crippen molar-refractivity contribution in [2.75, 3.05) is 13.2 Å². The maximum absolute atomic E-state index is 14.1. The van der Waals surface area contributed by atoms with E-state index in [2.05, 4.69) is 15.6 Å². The van der Waals surface area contributed by atoms with Gasteiger partial charge in [-0.1, -0.05) is 62.4 Å². The van der Waals surface area contributed by atoms with E-state index in [4.69, 9.17) is 33.2 Å². The van der Waals surface area contributed by atoms with Gasteiger partial charge in [0.2, 0.25) is 5.91 Å². The van der Waals surface area contributed by atoms with E-state index in [0.29, 0.717) is 32.5 Å². The van der Waals surface area contributed by atoms with Gasteiger partial charge in [0.15, 0.2) is 31.1 Å². The number of rotatable bonds is 17. The summed E-state index contributed by atoms with van der Waals surface area (Å²) in [6, 6.07) is 14.7. The van der Waals surface area contributed by atoms with E-state index in [-0.39, 0.29) is 42.3 Å². The fraction of sp³-hybridized carbons (Fsp3) is 0.627. The van der Waals surface area contributed by atoms with Gasteiger partial charge in [-0.05, 0) is 74.6 Å². The third-order valence-corrected chi connectivity index (χ3v) is 15.0. The van der Waals surface area contributed by atoms with Gasteiger partial charge >= 0.3 is 11.9 Å². The number of aryl methyl sites for hydroxylation is 3. The number of carboxylic acids is 1. The number of hydrogen-bond acceptors (Lipinski definition) is 18. The van der Waals surface area contributed by atoms with E-state index in [9.17, 15) is 50.0 Å². The minimum absolute atomic E-state index is 0.0131. The first-order chi connectivity index (χ1) is 35.7. The van der Waals surface area contributed by atoms with Crippen LogP contribution < -0.4 is 5.32 Å². The van der Waals surface area contributed by atoms with Crippen molar-refractivity contribution >= 4 is 34.4 Å². The molecule has 9 rings (SSSR count). The third kappa shape index (κ3) is 12.4. The third-order valence-electron chi connectivity index (χ3n) is 15.0. The molecule has 23 heteroatoms. The maximum atomic E-state index is 14.1. The quantitative estimate of drug-likeness (QED) is 0.0383. The Hall–Kier alpha value is -5.47. The number of non-ortho nitro benzene ring substituents is 1. The number of amides is 1. The number of esters is 1. The number of carbonyl (C=O) groups excluding carboxylic acids is 2. The normalized spacial score (nSPS) is 32.1. The molecule has 2 saturated carbocycles. The zero-order valence-corrected chi connectivity index (χ0v) is 41.1. The Labute approximate surface area is 426 Å². The number of aliphatic hydroxyl groups is 4. The number of nitro benzene ring substituents is 1. The topological polar surface area (TPSA) is 308 Å². The lowest BCUT2D eigenvalue weighted by molar-refractivity contribution is -0.391. The Kier molecular flexibility index (Phi) is 17.3. The SMILES string of the molecule is C[C@@H]1CC(C(=O)NCCCc2cn(CCCn3ccc4cc([N+](=O)[O-])ccc43)nn2)C[C@H]2O[C@@H]3O[C@@H](COC4O[C@@H](OC12)[C@@H](O)C(O)[C@@H]4O)[C@H](O)C(O[C@@H](CC1CCCCC1)C(=O)O)C3OC(=O)c1ccccc1. The molecule has 1 amide bonds. The predicted molar refractivity (Wildman–Crippen MR) is 257 cm³/mol. The van der Waals surface area contributed by atoms with E-state index in [0.717, 1.165) is 55.1 Å². The summed E-state index contributed by atoms with van der Waals surface area (Å²) in [5, 5.41) is 79.2. The van der Waals surface area contributed by atoms with E-state index in [1.807, 2.05) is 30.0 Å². The molecule has 2 aromatic heterocycles. The van der Waals surface area contributed by atoms with Crippen molar-refractivity contribution in [3.05, 3.63) is 88.4 Å². The summed E-state index contributed by atoms with van der Waals surface area (Å²) in [5.74, 6) is -3.51. The second-order valence-corrected chi connectivity index (χ2v) is 20.3. The summed E-state index contributed by atoms with van der Waals surface area (Å²) >= 11 is 0. The number of carboxylic acid groups (broad SMARTS) is 1. The monoisotopic (exact) mass is 1030 g/mol. The molecule has 2 aliphatic carbocycles. The number of aromatic nitrogens is 4. The summed E-state index contributed by atoms with van der Waals surface area (Å²) in [4.78, 5) is 51.6. The van der Waals surface area contributed by atoms with Crippen LogP contribution in [0.5, 0.6) is 0 Å². The van der Waals surface area contributed by atoms with Gasteiger partial charge in [0.05, 0.1) is 35.0 Å². The van der Waals surface area contributed by atoms with Crippen molar-refractivity contribution in [3.63, 3.8) is 0 Å². The Morgan fingerprint density at radius 3 is 2.41 bits per heavy atom. The Morgan fingerprint density at radius 2 is 1.64 bits per heavy atom. The molecule has 3 saturated heterocycles. The molecule has 4 bridgehead atoms. The number of fused-ring (bicyclic) bond motifs is 6. The molecule has 74 heavy (non-hydrogen) atoms. The lowest BCUT2D eigenvalue weighted by Gasteiger charge is -2.50. The van der Waals surface area contributed by atoms with Crippen molar-refractivity contribution in [1.29, 1.82) is 0 Å². The number of carbonyl (C=O) groups is 3. The smallest absolute Gasteiger partial charge is 0.338 e. The van der Waals surface area contributed by atoms with Crippen LogP contribution in [-0.4, -0.2) is 161 Å². The van der Waals surface area contributed by atoms with Crippen LogP contribution in [0.3, 0.4) is 0 Å². The lowest BCUT2D eigenvalue weighted by atomic mass is 9.77. The minimum atomic E-state index is -1.78. The van der Waals surface area contributed by atoms with E-state index in [1.165, 1.54) is 18.2 Å². The fourth-order valence-electron chi connectivity index (χ4n) is 11.0. The van der Waals surface area contributed by atoms with Crippen LogP contribution in [0.15, 0.2) is 67.0 Å². The number of ether oxygens (including phenoxy) is 7. The van der Waals surface area contributed by atoms with Gasteiger partial charge in [0.25, 0.3) is 5.69 Å². The van der Waals surface area contributed by atoms with Crippen LogP contribution in [0, 0.1) is 27.9 Å². The zero-order chi connectivity index (χ0) is 52.0. The molecule has 5 aliphatic rings. The first-order valence-corrected chi connectivity index (χ1v) is 25.7. The molecule has 4 aromatic rings. The van der Waals surface area contributed by atoms with E-state index < -0.39 is 115 Å². The number of nitro groups is 1. The van der Waals surface area contributed by atoms with E-state index >= 15 is 0 Å². The number of aliphatic carboxylic acids is 1. The van der Waals surface area contributed by atoms with Crippen LogP contribution in [0.1, 0.15) is 87.2 Å². The largest absolute Gasteiger partial charge is 0.479 e. The van der Waals surface area contributed by atoms with Crippen molar-refractivity contribution in [3.8, 4) is 0 Å². The first-order valence-electron chi connectivity index (χ1n) is 25.7. The second-order valence-electron chi connectivity index (χ2n) is 20.3. The van der Waals surface area contributed by atoms with Gasteiger partial charge in [0, 0.05) is 61.0 Å². The highest BCUT2D eigenvalue weighted by Gasteiger charge is 2.55. The standard InChI is InChI=1S/C51H66N6O17/c1-28-22-32(46(62)52-18-8-14-33-26-56(54-53-33)20-9-19-55-21-17-31-24-34(57(66)67)15-16-35(31)55)25-36-43(28)73-50-42(61)40(59)41(60)49(74-50)68-27-38-39(58)44(69-37(47(63)64)23-29-10-4-2-5-11-29)45(51(70-36)71-38)72-48(65)30-12-6-3-7-13-30/h3,6-7,12-13,15-17,21,24,26,28-29,32,36-45,49-51,58-61H,2,4-5,8-11,14,18-20,22-23,25,27H2,1H3,(H,52,62)(H,63,64)/t28-,32?,36-,37+,38+,39+,40?,41+,42+,43?,44?,45?,49?,50-,51-/m1/s1. The van der Waals surface area contributed by atoms with Gasteiger partial charge < -0.3 is 68.6 Å².